The Hall–Kier alpha value is 0.280. The fourth-order valence-electron chi connectivity index (χ4n) is 0.874. The topological polar surface area (TPSA) is 89.8 Å². The minimum atomic E-state index is -1.37. The summed E-state index contributed by atoms with van der Waals surface area (Å²) in [6, 6.07) is 0. The number of hydrogen-bond donors (Lipinski definition) is 2. The monoisotopic (exact) mass is 561 g/mol. The lowest BCUT2D eigenvalue weighted by atomic mass is 10.3. The molecule has 8 heteroatoms. The van der Waals surface area contributed by atoms with Crippen LogP contribution in [-0.4, -0.2) is 22.8 Å². The minimum absolute atomic E-state index is 0.132. The molecule has 1 rings (SSSR count). The van der Waals surface area contributed by atoms with Crippen molar-refractivity contribution in [3.8, 4) is 17.2 Å². The summed E-state index contributed by atoms with van der Waals surface area (Å²) < 4.78 is 5.95. The molecule has 0 amide bonds. The molecule has 0 heterocycles. The van der Waals surface area contributed by atoms with Gasteiger partial charge in [0.25, 0.3) is 0 Å². The maximum Gasteiger partial charge on any atom is 0.154 e. The van der Waals surface area contributed by atoms with Crippen molar-refractivity contribution >= 4 is 73.7 Å². The largest absolute Gasteiger partial charge is 0.546 e. The first-order chi connectivity index (χ1) is 7.36. The van der Waals surface area contributed by atoms with Crippen LogP contribution in [0.15, 0.2) is 0 Å². The summed E-state index contributed by atoms with van der Waals surface area (Å²) in [5, 5.41) is 29.5. The first-order valence-electron chi connectivity index (χ1n) is 3.77. The standard InChI is InChI=1S/C8H5I3O5/c9-3-6(14)4(10)8(5(11)7(3)15)16-1-2(12)13/h14-15H,1H2,(H,12,13)/p-1. The molecule has 0 aromatic heterocycles. The van der Waals surface area contributed by atoms with Crippen molar-refractivity contribution in [2.75, 3.05) is 6.61 Å². The Morgan fingerprint density at radius 3 is 1.94 bits per heavy atom. The molecular formula is C8H4I3O5-. The third-order valence-corrected chi connectivity index (χ3v) is 4.59. The molecule has 5 nitrogen and oxygen atoms in total. The third-order valence-electron chi connectivity index (χ3n) is 1.56. The molecule has 0 atom stereocenters. The van der Waals surface area contributed by atoms with E-state index in [0.717, 1.165) is 0 Å². The van der Waals surface area contributed by atoms with Crippen molar-refractivity contribution in [2.45, 2.75) is 0 Å². The molecule has 0 aliphatic carbocycles. The average Bonchev–Trinajstić information content (AvgIpc) is 2.23. The van der Waals surface area contributed by atoms with Crippen LogP contribution in [0.5, 0.6) is 17.2 Å². The molecule has 0 unspecified atom stereocenters. The van der Waals surface area contributed by atoms with Crippen molar-refractivity contribution in [1.82, 2.24) is 0 Å². The molecule has 0 aliphatic rings. The number of carboxylic acid groups (broad SMARTS) is 1. The van der Waals surface area contributed by atoms with Crippen LogP contribution in [0.4, 0.5) is 0 Å². The number of aliphatic carboxylic acids is 1. The zero-order valence-corrected chi connectivity index (χ0v) is 13.9. The number of carbonyl (C=O) groups is 1. The van der Waals surface area contributed by atoms with Gasteiger partial charge in [0.15, 0.2) is 5.75 Å². The fourth-order valence-corrected chi connectivity index (χ4v) is 4.35. The number of phenolic OH excluding ortho intramolecular Hbond substituents is 2. The van der Waals surface area contributed by atoms with E-state index in [9.17, 15) is 20.1 Å². The zero-order valence-electron chi connectivity index (χ0n) is 7.46. The van der Waals surface area contributed by atoms with Gasteiger partial charge >= 0.3 is 0 Å². The first kappa shape index (κ1) is 14.3. The predicted octanol–water partition coefficient (Wildman–Crippen LogP) is 1.04. The van der Waals surface area contributed by atoms with Crippen LogP contribution in [-0.2, 0) is 4.79 Å². The number of halogens is 3. The van der Waals surface area contributed by atoms with Crippen molar-refractivity contribution in [3.05, 3.63) is 10.7 Å². The number of hydrogen-bond acceptors (Lipinski definition) is 5. The second-order valence-corrected chi connectivity index (χ2v) is 5.87. The molecule has 0 saturated heterocycles. The Morgan fingerprint density at radius 2 is 1.56 bits per heavy atom. The SMILES string of the molecule is O=C([O-])COc1c(I)c(O)c(I)c(O)c1I. The van der Waals surface area contributed by atoms with Gasteiger partial charge in [0.2, 0.25) is 0 Å². The highest BCUT2D eigenvalue weighted by Gasteiger charge is 2.20. The van der Waals surface area contributed by atoms with Gasteiger partial charge in [0, 0.05) is 0 Å². The van der Waals surface area contributed by atoms with E-state index in [1.807, 2.05) is 45.2 Å². The number of aromatic hydroxyl groups is 2. The summed E-state index contributed by atoms with van der Waals surface area (Å²) in [6.07, 6.45) is 0. The van der Waals surface area contributed by atoms with Crippen molar-refractivity contribution in [3.63, 3.8) is 0 Å². The highest BCUT2D eigenvalue weighted by molar-refractivity contribution is 14.1. The number of carboxylic acids is 1. The highest BCUT2D eigenvalue weighted by atomic mass is 127. The summed E-state index contributed by atoms with van der Waals surface area (Å²) in [5.41, 5.74) is 0. The molecule has 0 saturated carbocycles. The Morgan fingerprint density at radius 1 is 1.12 bits per heavy atom. The van der Waals surface area contributed by atoms with Gasteiger partial charge in [0.05, 0.1) is 16.7 Å². The third kappa shape index (κ3) is 2.94. The summed E-state index contributed by atoms with van der Waals surface area (Å²) in [5.74, 6) is -1.50. The molecule has 0 aliphatic heterocycles. The lowest BCUT2D eigenvalue weighted by Gasteiger charge is -2.14. The maximum absolute atomic E-state index is 10.3. The first-order valence-corrected chi connectivity index (χ1v) is 7.01. The van der Waals surface area contributed by atoms with E-state index in [4.69, 9.17) is 4.74 Å². The second-order valence-electron chi connectivity index (χ2n) is 2.63. The van der Waals surface area contributed by atoms with Gasteiger partial charge in [-0.2, -0.15) is 0 Å². The molecule has 88 valence electrons. The molecule has 1 aromatic carbocycles. The quantitative estimate of drug-likeness (QED) is 0.540. The highest BCUT2D eigenvalue weighted by Crippen LogP contribution is 2.44. The number of carbonyl (C=O) groups excluding carboxylic acids is 1. The van der Waals surface area contributed by atoms with Gasteiger partial charge in [-0.15, -0.1) is 0 Å². The Balaban J connectivity index is 3.23. The minimum Gasteiger partial charge on any atom is -0.546 e. The Kier molecular flexibility index (Phi) is 5.15. The average molecular weight is 561 g/mol. The molecule has 2 N–H and O–H groups in total. The molecule has 16 heavy (non-hydrogen) atoms. The second kappa shape index (κ2) is 5.75. The van der Waals surface area contributed by atoms with Crippen LogP contribution in [0, 0.1) is 10.7 Å². The van der Waals surface area contributed by atoms with Gasteiger partial charge in [-0.25, -0.2) is 0 Å². The van der Waals surface area contributed by atoms with Crippen LogP contribution < -0.4 is 9.84 Å². The van der Waals surface area contributed by atoms with Crippen LogP contribution in [0.2, 0.25) is 0 Å². The summed E-state index contributed by atoms with van der Waals surface area (Å²) in [6.45, 7) is -0.633. The zero-order chi connectivity index (χ0) is 12.5. The predicted molar refractivity (Wildman–Crippen MR) is 78.4 cm³/mol. The van der Waals surface area contributed by atoms with E-state index in [-0.39, 0.29) is 17.2 Å². The van der Waals surface area contributed by atoms with Crippen molar-refractivity contribution in [1.29, 1.82) is 0 Å². The lowest BCUT2D eigenvalue weighted by Crippen LogP contribution is -2.29. The fraction of sp³-hybridized carbons (Fsp3) is 0.125. The van der Waals surface area contributed by atoms with E-state index in [0.29, 0.717) is 10.7 Å². The van der Waals surface area contributed by atoms with E-state index < -0.39 is 12.6 Å². The van der Waals surface area contributed by atoms with Gasteiger partial charge in [-0.05, 0) is 67.8 Å². The van der Waals surface area contributed by atoms with Crippen LogP contribution in [0.1, 0.15) is 0 Å². The van der Waals surface area contributed by atoms with E-state index in [1.165, 1.54) is 0 Å². The number of benzene rings is 1. The van der Waals surface area contributed by atoms with Crippen LogP contribution in [0.25, 0.3) is 0 Å². The van der Waals surface area contributed by atoms with Crippen molar-refractivity contribution < 1.29 is 24.9 Å². The summed E-state index contributed by atoms with van der Waals surface area (Å²) >= 11 is 5.41. The molecular weight excluding hydrogens is 557 g/mol. The van der Waals surface area contributed by atoms with Crippen LogP contribution in [0.3, 0.4) is 0 Å². The van der Waals surface area contributed by atoms with Crippen LogP contribution >= 0.6 is 67.8 Å². The summed E-state index contributed by atoms with van der Waals surface area (Å²) in [4.78, 5) is 10.3. The molecule has 0 spiro atoms. The normalized spacial score (nSPS) is 10.2. The maximum atomic E-state index is 10.3. The molecule has 0 bridgehead atoms. The number of ether oxygens (including phenoxy) is 1. The van der Waals surface area contributed by atoms with E-state index >= 15 is 0 Å². The smallest absolute Gasteiger partial charge is 0.154 e. The van der Waals surface area contributed by atoms with Gasteiger partial charge < -0.3 is 24.9 Å². The number of rotatable bonds is 3. The van der Waals surface area contributed by atoms with Gasteiger partial charge in [-0.1, -0.05) is 0 Å². The number of phenols is 2. The van der Waals surface area contributed by atoms with E-state index in [2.05, 4.69) is 0 Å². The Bertz CT molecular complexity index is 417. The van der Waals surface area contributed by atoms with Crippen molar-refractivity contribution in [2.24, 2.45) is 0 Å². The van der Waals surface area contributed by atoms with E-state index in [1.54, 1.807) is 22.6 Å². The molecule has 1 aromatic rings. The Labute approximate surface area is 132 Å². The molecule has 0 radical (unpaired) electrons. The van der Waals surface area contributed by atoms with Gasteiger partial charge in [0.1, 0.15) is 18.1 Å². The lowest BCUT2D eigenvalue weighted by molar-refractivity contribution is -0.307. The molecule has 0 fully saturated rings. The summed E-state index contributed by atoms with van der Waals surface area (Å²) in [7, 11) is 0. The van der Waals surface area contributed by atoms with Gasteiger partial charge in [-0.3, -0.25) is 0 Å².